The van der Waals surface area contributed by atoms with Crippen molar-refractivity contribution in [3.05, 3.63) is 52.4 Å². The van der Waals surface area contributed by atoms with E-state index in [4.69, 9.17) is 14.2 Å². The third kappa shape index (κ3) is 4.70. The summed E-state index contributed by atoms with van der Waals surface area (Å²) < 4.78 is 29.1. The van der Waals surface area contributed by atoms with Crippen LogP contribution in [0.15, 0.2) is 36.4 Å². The monoisotopic (exact) mass is 461 g/mol. The lowest BCUT2D eigenvalue weighted by molar-refractivity contribution is 0.0703. The number of anilines is 1. The second-order valence-electron chi connectivity index (χ2n) is 6.85. The van der Waals surface area contributed by atoms with Crippen LogP contribution in [0.25, 0.3) is 10.4 Å². The fourth-order valence-electron chi connectivity index (χ4n) is 3.27. The Morgan fingerprint density at radius 2 is 1.65 bits per heavy atom. The number of aryl methyl sites for hydroxylation is 2. The first-order valence-electron chi connectivity index (χ1n) is 9.35. The summed E-state index contributed by atoms with van der Waals surface area (Å²) in [6.45, 7) is 3.85. The number of methoxy groups -OCH3 is 3. The fraction of sp³-hybridized carbons (Fsp3) is 0.227. The molecule has 2 N–H and O–H groups in total. The minimum absolute atomic E-state index is 0.0758. The fourth-order valence-corrected chi connectivity index (χ4v) is 5.54. The zero-order valence-corrected chi connectivity index (χ0v) is 19.7. The maximum absolute atomic E-state index is 13.0. The molecule has 1 atom stereocenters. The van der Waals surface area contributed by atoms with Crippen LogP contribution in [0.2, 0.25) is 0 Å². The molecule has 3 rings (SSSR count). The second-order valence-corrected chi connectivity index (χ2v) is 9.34. The number of hydrogen-bond acceptors (Lipinski definition) is 6. The number of benzene rings is 2. The highest BCUT2D eigenvalue weighted by Gasteiger charge is 2.21. The summed E-state index contributed by atoms with van der Waals surface area (Å²) in [5.41, 5.74) is 2.97. The normalized spacial score (nSPS) is 11.6. The minimum atomic E-state index is -2.45. The van der Waals surface area contributed by atoms with Crippen LogP contribution >= 0.6 is 19.3 Å². The molecule has 0 fully saturated rings. The quantitative estimate of drug-likeness (QED) is 0.458. The number of carboxylic acids is 1. The number of carbonyl (C=O) groups is 1. The van der Waals surface area contributed by atoms with E-state index in [1.54, 1.807) is 18.2 Å². The average Bonchev–Trinajstić information content (AvgIpc) is 3.16. The zero-order chi connectivity index (χ0) is 22.7. The Morgan fingerprint density at radius 1 is 1.00 bits per heavy atom. The number of nitrogens with one attached hydrogen (secondary N) is 1. The number of rotatable bonds is 8. The van der Waals surface area contributed by atoms with E-state index in [0.717, 1.165) is 22.5 Å². The molecule has 3 aromatic rings. The summed E-state index contributed by atoms with van der Waals surface area (Å²) in [6, 6.07) is 10.8. The largest absolute Gasteiger partial charge is 0.493 e. The number of hydrogen-bond donors (Lipinski definition) is 2. The van der Waals surface area contributed by atoms with Crippen molar-refractivity contribution in [1.29, 1.82) is 0 Å². The van der Waals surface area contributed by atoms with Crippen molar-refractivity contribution in [2.24, 2.45) is 0 Å². The van der Waals surface area contributed by atoms with Gasteiger partial charge in [-0.1, -0.05) is 17.7 Å². The molecule has 0 aliphatic rings. The first kappa shape index (κ1) is 22.7. The Kier molecular flexibility index (Phi) is 6.93. The third-order valence-electron chi connectivity index (χ3n) is 4.75. The van der Waals surface area contributed by atoms with Crippen LogP contribution in [0.1, 0.15) is 20.8 Å². The third-order valence-corrected chi connectivity index (χ3v) is 7.47. The second kappa shape index (κ2) is 9.45. The Bertz CT molecular complexity index is 1130. The predicted molar refractivity (Wildman–Crippen MR) is 125 cm³/mol. The molecular weight excluding hydrogens is 437 g/mol. The molecule has 2 aromatic carbocycles. The lowest BCUT2D eigenvalue weighted by atomic mass is 10.1. The number of carboxylic acid groups (broad SMARTS) is 1. The molecule has 31 heavy (non-hydrogen) atoms. The van der Waals surface area contributed by atoms with Gasteiger partial charge in [-0.15, -0.1) is 11.3 Å². The van der Waals surface area contributed by atoms with Gasteiger partial charge >= 0.3 is 5.97 Å². The molecule has 1 unspecified atom stereocenters. The lowest BCUT2D eigenvalue weighted by Gasteiger charge is -2.13. The van der Waals surface area contributed by atoms with E-state index in [-0.39, 0.29) is 4.88 Å². The van der Waals surface area contributed by atoms with Crippen molar-refractivity contribution in [1.82, 2.24) is 0 Å². The maximum atomic E-state index is 13.0. The maximum Gasteiger partial charge on any atom is 0.348 e. The molecule has 7 nitrogen and oxygen atoms in total. The molecule has 0 spiro atoms. The highest BCUT2D eigenvalue weighted by atomic mass is 32.1. The first-order chi connectivity index (χ1) is 14.8. The van der Waals surface area contributed by atoms with E-state index in [1.165, 1.54) is 21.3 Å². The van der Waals surface area contributed by atoms with Gasteiger partial charge in [-0.25, -0.2) is 4.79 Å². The van der Waals surface area contributed by atoms with Gasteiger partial charge in [0.25, 0.3) is 0 Å². The van der Waals surface area contributed by atoms with E-state index < -0.39 is 13.9 Å². The molecule has 0 amide bonds. The first-order valence-corrected chi connectivity index (χ1v) is 11.6. The van der Waals surface area contributed by atoms with Gasteiger partial charge in [0.2, 0.25) is 5.75 Å². The zero-order valence-electron chi connectivity index (χ0n) is 17.9. The minimum Gasteiger partial charge on any atom is -0.493 e. The molecule has 164 valence electrons. The van der Waals surface area contributed by atoms with Gasteiger partial charge < -0.3 is 24.4 Å². The molecule has 1 heterocycles. The Balaban J connectivity index is 2.03. The molecule has 0 bridgehead atoms. The average molecular weight is 461 g/mol. The van der Waals surface area contributed by atoms with Gasteiger partial charge in [-0.05, 0) is 49.2 Å². The molecule has 0 aliphatic carbocycles. The van der Waals surface area contributed by atoms with Crippen LogP contribution in [0.5, 0.6) is 17.2 Å². The van der Waals surface area contributed by atoms with Gasteiger partial charge in [0, 0.05) is 10.2 Å². The molecule has 0 saturated carbocycles. The van der Waals surface area contributed by atoms with Gasteiger partial charge in [0.1, 0.15) is 4.88 Å². The van der Waals surface area contributed by atoms with E-state index in [0.29, 0.717) is 38.7 Å². The van der Waals surface area contributed by atoms with Crippen molar-refractivity contribution >= 4 is 36.2 Å². The van der Waals surface area contributed by atoms with Crippen molar-refractivity contribution in [2.75, 3.05) is 26.4 Å². The predicted octanol–water partition coefficient (Wildman–Crippen LogP) is 4.97. The van der Waals surface area contributed by atoms with E-state index in [2.05, 4.69) is 5.09 Å². The SMILES string of the molecule is COc1cc(-c2cc(N[PH](=O)c3ccc(C)cc3C)c(C(=O)O)s2)cc(OC)c1OC. The van der Waals surface area contributed by atoms with Crippen LogP contribution < -0.4 is 24.6 Å². The summed E-state index contributed by atoms with van der Waals surface area (Å²) in [7, 11) is 2.09. The molecule has 0 radical (unpaired) electrons. The van der Waals surface area contributed by atoms with Crippen molar-refractivity contribution in [3.8, 4) is 27.7 Å². The topological polar surface area (TPSA) is 94.1 Å². The Hall–Kier alpha value is -2.96. The summed E-state index contributed by atoms with van der Waals surface area (Å²) in [5, 5.41) is 13.3. The molecule has 9 heteroatoms. The van der Waals surface area contributed by atoms with Gasteiger partial charge in [-0.3, -0.25) is 4.57 Å². The highest BCUT2D eigenvalue weighted by molar-refractivity contribution is 7.55. The van der Waals surface area contributed by atoms with Crippen LogP contribution in [-0.4, -0.2) is 32.4 Å². The van der Waals surface area contributed by atoms with Crippen LogP contribution in [0.4, 0.5) is 5.69 Å². The van der Waals surface area contributed by atoms with Crippen LogP contribution in [0.3, 0.4) is 0 Å². The Labute approximate surface area is 185 Å². The summed E-state index contributed by atoms with van der Waals surface area (Å²) in [6.07, 6.45) is 0. The van der Waals surface area contributed by atoms with Crippen LogP contribution in [0, 0.1) is 13.8 Å². The Morgan fingerprint density at radius 3 is 2.16 bits per heavy atom. The summed E-state index contributed by atoms with van der Waals surface area (Å²) >= 11 is 1.08. The molecule has 0 saturated heterocycles. The van der Waals surface area contributed by atoms with E-state index in [1.807, 2.05) is 32.0 Å². The summed E-state index contributed by atoms with van der Waals surface area (Å²) in [5.74, 6) is 0.268. The smallest absolute Gasteiger partial charge is 0.348 e. The standard InChI is InChI=1S/C22H24NO6PS/c1-12-6-7-18(13(2)8-12)30(26)23-15-11-19(31-21(15)22(24)25)14-9-16(27-3)20(29-5)17(10-14)28-4/h6-11,30H,1-5H3,(H,23,26)(H,24,25). The number of aromatic carboxylic acids is 1. The molecule has 0 aliphatic heterocycles. The number of thiophene rings is 1. The highest BCUT2D eigenvalue weighted by Crippen LogP contribution is 2.45. The van der Waals surface area contributed by atoms with E-state index >= 15 is 0 Å². The van der Waals surface area contributed by atoms with Crippen molar-refractivity contribution in [2.45, 2.75) is 13.8 Å². The van der Waals surface area contributed by atoms with Crippen molar-refractivity contribution < 1.29 is 28.7 Å². The van der Waals surface area contributed by atoms with Crippen molar-refractivity contribution in [3.63, 3.8) is 0 Å². The van der Waals surface area contributed by atoms with Gasteiger partial charge in [-0.2, -0.15) is 0 Å². The lowest BCUT2D eigenvalue weighted by Crippen LogP contribution is -2.07. The van der Waals surface area contributed by atoms with Gasteiger partial charge in [0.15, 0.2) is 19.5 Å². The van der Waals surface area contributed by atoms with Gasteiger partial charge in [0.05, 0.1) is 27.0 Å². The molecular formula is C22H24NO6PS. The van der Waals surface area contributed by atoms with Crippen LogP contribution in [-0.2, 0) is 4.57 Å². The van der Waals surface area contributed by atoms with E-state index in [9.17, 15) is 14.5 Å². The summed E-state index contributed by atoms with van der Waals surface area (Å²) in [4.78, 5) is 12.6. The number of ether oxygens (including phenoxy) is 3. The molecule has 1 aromatic heterocycles.